The van der Waals surface area contributed by atoms with Crippen LogP contribution < -0.4 is 0 Å². The zero-order valence-corrected chi connectivity index (χ0v) is 6.60. The second-order valence-electron chi connectivity index (χ2n) is 2.07. The molecule has 0 aliphatic carbocycles. The van der Waals surface area contributed by atoms with Crippen LogP contribution in [0.15, 0.2) is 22.3 Å². The predicted molar refractivity (Wildman–Crippen MR) is 42.7 cm³/mol. The molecule has 0 aromatic carbocycles. The van der Waals surface area contributed by atoms with Gasteiger partial charge >= 0.3 is 6.18 Å². The van der Waals surface area contributed by atoms with Crippen molar-refractivity contribution in [2.45, 2.75) is 13.1 Å². The Morgan fingerprint density at radius 3 is 2.50 bits per heavy atom. The van der Waals surface area contributed by atoms with Crippen molar-refractivity contribution in [2.24, 2.45) is 9.98 Å². The van der Waals surface area contributed by atoms with Crippen molar-refractivity contribution in [3.8, 4) is 0 Å². The maximum absolute atomic E-state index is 11.6. The lowest BCUT2D eigenvalue weighted by Crippen LogP contribution is -2.12. The average Bonchev–Trinajstić information content (AvgIpc) is 1.95. The Morgan fingerprint density at radius 1 is 1.50 bits per heavy atom. The largest absolute Gasteiger partial charge is 0.407 e. The maximum Gasteiger partial charge on any atom is 0.407 e. The van der Waals surface area contributed by atoms with Crippen molar-refractivity contribution in [3.63, 3.8) is 0 Å². The SMILES string of the molecule is C=N/C=C\C(C)=N/CC(F)(F)F. The third-order valence-corrected chi connectivity index (χ3v) is 0.929. The first-order valence-corrected chi connectivity index (χ1v) is 3.16. The minimum atomic E-state index is -4.24. The molecule has 2 nitrogen and oxygen atoms in total. The molecular formula is C7H9F3N2. The van der Waals surface area contributed by atoms with Gasteiger partial charge in [0, 0.05) is 11.9 Å². The highest BCUT2D eigenvalue weighted by Gasteiger charge is 2.26. The highest BCUT2D eigenvalue weighted by atomic mass is 19.4. The summed E-state index contributed by atoms with van der Waals surface area (Å²) in [6.45, 7) is 3.44. The molecule has 0 fully saturated rings. The Labute approximate surface area is 68.5 Å². The second-order valence-corrected chi connectivity index (χ2v) is 2.07. The van der Waals surface area contributed by atoms with Gasteiger partial charge in [0.05, 0.1) is 0 Å². The van der Waals surface area contributed by atoms with Gasteiger partial charge in [-0.25, -0.2) is 0 Å². The van der Waals surface area contributed by atoms with Crippen molar-refractivity contribution >= 4 is 12.4 Å². The Morgan fingerprint density at radius 2 is 2.08 bits per heavy atom. The normalized spacial score (nSPS) is 13.8. The van der Waals surface area contributed by atoms with E-state index >= 15 is 0 Å². The van der Waals surface area contributed by atoms with E-state index in [9.17, 15) is 13.2 Å². The zero-order valence-electron chi connectivity index (χ0n) is 6.60. The summed E-state index contributed by atoms with van der Waals surface area (Å²) in [5, 5.41) is 0. The topological polar surface area (TPSA) is 24.7 Å². The van der Waals surface area contributed by atoms with Crippen molar-refractivity contribution in [1.29, 1.82) is 0 Å². The van der Waals surface area contributed by atoms with Gasteiger partial charge in [-0.2, -0.15) is 13.2 Å². The lowest BCUT2D eigenvalue weighted by atomic mass is 10.4. The summed E-state index contributed by atoms with van der Waals surface area (Å²) in [7, 11) is 0. The molecule has 0 bridgehead atoms. The standard InChI is InChI=1S/C7H9F3N2/c1-6(3-4-11-2)12-5-7(8,9)10/h3-4H,2,5H2,1H3/b4-3-,12-6-. The fourth-order valence-corrected chi connectivity index (χ4v) is 0.428. The third kappa shape index (κ3) is 6.98. The van der Waals surface area contributed by atoms with Gasteiger partial charge in [0.15, 0.2) is 0 Å². The smallest absolute Gasteiger partial charge is 0.281 e. The molecule has 0 saturated heterocycles. The van der Waals surface area contributed by atoms with Crippen molar-refractivity contribution in [2.75, 3.05) is 6.54 Å². The van der Waals surface area contributed by atoms with Crippen LogP contribution in [-0.4, -0.2) is 25.2 Å². The summed E-state index contributed by atoms with van der Waals surface area (Å²) in [5.74, 6) is 0. The van der Waals surface area contributed by atoms with E-state index in [1.807, 2.05) is 0 Å². The maximum atomic E-state index is 11.6. The Balaban J connectivity index is 4.01. The van der Waals surface area contributed by atoms with Gasteiger partial charge in [-0.1, -0.05) is 0 Å². The lowest BCUT2D eigenvalue weighted by molar-refractivity contribution is -0.118. The van der Waals surface area contributed by atoms with Crippen molar-refractivity contribution < 1.29 is 13.2 Å². The summed E-state index contributed by atoms with van der Waals surface area (Å²) in [6.07, 6.45) is -1.59. The van der Waals surface area contributed by atoms with Gasteiger partial charge in [0.1, 0.15) is 6.54 Å². The van der Waals surface area contributed by atoms with E-state index in [1.54, 1.807) is 0 Å². The molecular weight excluding hydrogens is 169 g/mol. The first kappa shape index (κ1) is 10.9. The molecule has 0 atom stereocenters. The van der Waals surface area contributed by atoms with Crippen LogP contribution in [0.25, 0.3) is 0 Å². The minimum absolute atomic E-state index is 0.278. The molecule has 0 N–H and O–H groups in total. The third-order valence-electron chi connectivity index (χ3n) is 0.929. The Hall–Kier alpha value is -1.13. The number of hydrogen-bond acceptors (Lipinski definition) is 2. The molecule has 0 aliphatic heterocycles. The molecule has 0 aromatic heterocycles. The van der Waals surface area contributed by atoms with E-state index in [-0.39, 0.29) is 5.71 Å². The summed E-state index contributed by atoms with van der Waals surface area (Å²) >= 11 is 0. The predicted octanol–water partition coefficient (Wildman–Crippen LogP) is 2.22. The molecule has 0 aliphatic rings. The molecule has 0 saturated carbocycles. The number of alkyl halides is 3. The van der Waals surface area contributed by atoms with E-state index in [1.165, 1.54) is 19.2 Å². The monoisotopic (exact) mass is 178 g/mol. The number of hydrogen-bond donors (Lipinski definition) is 0. The van der Waals surface area contributed by atoms with Gasteiger partial charge in [-0.15, -0.1) is 0 Å². The van der Waals surface area contributed by atoms with Gasteiger partial charge in [-0.3, -0.25) is 9.98 Å². The van der Waals surface area contributed by atoms with Crippen LogP contribution in [-0.2, 0) is 0 Å². The minimum Gasteiger partial charge on any atom is -0.281 e. The molecule has 0 amide bonds. The summed E-state index contributed by atoms with van der Waals surface area (Å²) in [4.78, 5) is 6.58. The van der Waals surface area contributed by atoms with Crippen molar-refractivity contribution in [1.82, 2.24) is 0 Å². The molecule has 0 heterocycles. The molecule has 0 aromatic rings. The van der Waals surface area contributed by atoms with Crippen LogP contribution in [0.5, 0.6) is 0 Å². The van der Waals surface area contributed by atoms with Gasteiger partial charge in [0.25, 0.3) is 0 Å². The van der Waals surface area contributed by atoms with Gasteiger partial charge < -0.3 is 0 Å². The zero-order chi connectivity index (χ0) is 9.61. The highest BCUT2D eigenvalue weighted by molar-refractivity contribution is 5.92. The Bertz CT molecular complexity index is 203. The van der Waals surface area contributed by atoms with E-state index in [2.05, 4.69) is 16.7 Å². The molecule has 5 heteroatoms. The average molecular weight is 178 g/mol. The van der Waals surface area contributed by atoms with E-state index < -0.39 is 12.7 Å². The number of rotatable bonds is 3. The van der Waals surface area contributed by atoms with Crippen LogP contribution in [0.2, 0.25) is 0 Å². The summed E-state index contributed by atoms with van der Waals surface area (Å²) in [5.41, 5.74) is 0.278. The van der Waals surface area contributed by atoms with Crippen LogP contribution in [0.3, 0.4) is 0 Å². The molecule has 0 spiro atoms. The number of aliphatic imine (C=N–C) groups is 2. The Kier molecular flexibility index (Phi) is 4.25. The summed E-state index contributed by atoms with van der Waals surface area (Å²) < 4.78 is 34.7. The molecule has 12 heavy (non-hydrogen) atoms. The fourth-order valence-electron chi connectivity index (χ4n) is 0.428. The lowest BCUT2D eigenvalue weighted by Gasteiger charge is -2.00. The first-order valence-electron chi connectivity index (χ1n) is 3.16. The first-order chi connectivity index (χ1) is 5.45. The summed E-state index contributed by atoms with van der Waals surface area (Å²) in [6, 6.07) is 0. The van der Waals surface area contributed by atoms with E-state index in [0.29, 0.717) is 0 Å². The number of halogens is 3. The van der Waals surface area contributed by atoms with Gasteiger partial charge in [0.2, 0.25) is 0 Å². The highest BCUT2D eigenvalue weighted by Crippen LogP contribution is 2.14. The molecule has 0 radical (unpaired) electrons. The van der Waals surface area contributed by atoms with Gasteiger partial charge in [-0.05, 0) is 19.7 Å². The second kappa shape index (κ2) is 4.69. The molecule has 0 rings (SSSR count). The quantitative estimate of drug-likeness (QED) is 0.592. The van der Waals surface area contributed by atoms with Crippen LogP contribution >= 0.6 is 0 Å². The van der Waals surface area contributed by atoms with E-state index in [4.69, 9.17) is 0 Å². The van der Waals surface area contributed by atoms with Crippen LogP contribution in [0.1, 0.15) is 6.92 Å². The number of allylic oxidation sites excluding steroid dienone is 1. The van der Waals surface area contributed by atoms with Crippen molar-refractivity contribution in [3.05, 3.63) is 12.3 Å². The van der Waals surface area contributed by atoms with Crippen LogP contribution in [0, 0.1) is 0 Å². The fraction of sp³-hybridized carbons (Fsp3) is 0.429. The van der Waals surface area contributed by atoms with Crippen LogP contribution in [0.4, 0.5) is 13.2 Å². The molecule has 68 valence electrons. The molecule has 0 unspecified atom stereocenters. The number of nitrogens with zero attached hydrogens (tertiary/aromatic N) is 2. The van der Waals surface area contributed by atoms with E-state index in [0.717, 1.165) is 0 Å².